The van der Waals surface area contributed by atoms with Crippen LogP contribution in [0.3, 0.4) is 0 Å². The number of piperidine rings is 1. The molecule has 1 heterocycles. The molecule has 0 saturated carbocycles. The van der Waals surface area contributed by atoms with Gasteiger partial charge in [-0.25, -0.2) is 0 Å². The molecule has 2 rings (SSSR count). The predicted molar refractivity (Wildman–Crippen MR) is 88.8 cm³/mol. The first-order valence-electron chi connectivity index (χ1n) is 8.14. The van der Waals surface area contributed by atoms with Crippen LogP contribution in [-0.2, 0) is 6.54 Å². The van der Waals surface area contributed by atoms with Crippen molar-refractivity contribution in [3.05, 3.63) is 35.4 Å². The molecule has 0 unspecified atom stereocenters. The van der Waals surface area contributed by atoms with E-state index in [1.165, 1.54) is 6.42 Å². The summed E-state index contributed by atoms with van der Waals surface area (Å²) in [5.41, 5.74) is 1.17. The van der Waals surface area contributed by atoms with E-state index in [-0.39, 0.29) is 5.91 Å². The van der Waals surface area contributed by atoms with Gasteiger partial charge in [0.05, 0.1) is 5.60 Å². The van der Waals surface area contributed by atoms with Crippen LogP contribution in [0, 0.1) is 0 Å². The number of amides is 1. The molecule has 0 spiro atoms. The Hall–Kier alpha value is -1.39. The van der Waals surface area contributed by atoms with E-state index in [2.05, 4.69) is 4.90 Å². The molecule has 4 nitrogen and oxygen atoms in total. The molecule has 22 heavy (non-hydrogen) atoms. The molecule has 0 aromatic heterocycles. The van der Waals surface area contributed by atoms with Crippen LogP contribution in [0.4, 0.5) is 0 Å². The number of hydrogen-bond donors (Lipinski definition) is 1. The standard InChI is InChI=1S/C18H28N2O2/c1-18(2,22)14-19(3)13-15-8-7-9-16(12-15)17(21)20-10-5-4-6-11-20/h7-9,12,22H,4-6,10-11,13-14H2,1-3H3. The lowest BCUT2D eigenvalue weighted by molar-refractivity contribution is 0.0424. The quantitative estimate of drug-likeness (QED) is 0.909. The number of aliphatic hydroxyl groups is 1. The summed E-state index contributed by atoms with van der Waals surface area (Å²) in [5, 5.41) is 9.88. The van der Waals surface area contributed by atoms with Crippen molar-refractivity contribution in [3.8, 4) is 0 Å². The lowest BCUT2D eigenvalue weighted by Gasteiger charge is -2.27. The fourth-order valence-electron chi connectivity index (χ4n) is 3.11. The average molecular weight is 304 g/mol. The largest absolute Gasteiger partial charge is 0.389 e. The minimum Gasteiger partial charge on any atom is -0.389 e. The van der Waals surface area contributed by atoms with E-state index in [4.69, 9.17) is 0 Å². The Morgan fingerprint density at radius 1 is 1.27 bits per heavy atom. The minimum absolute atomic E-state index is 0.145. The van der Waals surface area contributed by atoms with Gasteiger partial charge < -0.3 is 10.0 Å². The number of rotatable bonds is 5. The number of likely N-dealkylation sites (tertiary alicyclic amines) is 1. The first-order chi connectivity index (χ1) is 10.3. The summed E-state index contributed by atoms with van der Waals surface area (Å²) in [5.74, 6) is 0.145. The van der Waals surface area contributed by atoms with Crippen LogP contribution >= 0.6 is 0 Å². The summed E-state index contributed by atoms with van der Waals surface area (Å²) in [6.07, 6.45) is 3.45. The van der Waals surface area contributed by atoms with Crippen molar-refractivity contribution in [3.63, 3.8) is 0 Å². The van der Waals surface area contributed by atoms with Gasteiger partial charge in [0.15, 0.2) is 0 Å². The van der Waals surface area contributed by atoms with Gasteiger partial charge in [-0.1, -0.05) is 12.1 Å². The van der Waals surface area contributed by atoms with Crippen molar-refractivity contribution >= 4 is 5.91 Å². The van der Waals surface area contributed by atoms with Gasteiger partial charge in [0.2, 0.25) is 0 Å². The van der Waals surface area contributed by atoms with Gasteiger partial charge in [-0.3, -0.25) is 9.69 Å². The number of hydrogen-bond acceptors (Lipinski definition) is 3. The third-order valence-corrected chi connectivity index (χ3v) is 3.93. The highest BCUT2D eigenvalue weighted by atomic mass is 16.3. The Kier molecular flexibility index (Phi) is 5.59. The summed E-state index contributed by atoms with van der Waals surface area (Å²) < 4.78 is 0. The summed E-state index contributed by atoms with van der Waals surface area (Å²) >= 11 is 0. The molecule has 1 fully saturated rings. The summed E-state index contributed by atoms with van der Waals surface area (Å²) in [7, 11) is 1.98. The Balaban J connectivity index is 2.01. The molecule has 1 aromatic rings. The van der Waals surface area contributed by atoms with Crippen LogP contribution in [0.1, 0.15) is 49.0 Å². The third kappa shape index (κ3) is 5.11. The second-order valence-corrected chi connectivity index (χ2v) is 7.04. The fourth-order valence-corrected chi connectivity index (χ4v) is 3.11. The first-order valence-corrected chi connectivity index (χ1v) is 8.14. The SMILES string of the molecule is CN(Cc1cccc(C(=O)N2CCCCC2)c1)CC(C)(C)O. The van der Waals surface area contributed by atoms with Crippen molar-refractivity contribution in [2.45, 2.75) is 45.3 Å². The van der Waals surface area contributed by atoms with Gasteiger partial charge in [-0.05, 0) is 57.9 Å². The molecule has 4 heteroatoms. The summed E-state index contributed by atoms with van der Waals surface area (Å²) in [6.45, 7) is 6.69. The molecular weight excluding hydrogens is 276 g/mol. The number of nitrogens with zero attached hydrogens (tertiary/aromatic N) is 2. The highest BCUT2D eigenvalue weighted by Gasteiger charge is 2.19. The average Bonchev–Trinajstić information content (AvgIpc) is 2.45. The van der Waals surface area contributed by atoms with Crippen molar-refractivity contribution < 1.29 is 9.90 Å². The summed E-state index contributed by atoms with van der Waals surface area (Å²) in [4.78, 5) is 16.6. The van der Waals surface area contributed by atoms with Gasteiger partial charge in [0.25, 0.3) is 5.91 Å². The number of benzene rings is 1. The zero-order chi connectivity index (χ0) is 16.2. The predicted octanol–water partition coefficient (Wildman–Crippen LogP) is 2.52. The zero-order valence-corrected chi connectivity index (χ0v) is 14.0. The molecule has 0 aliphatic carbocycles. The van der Waals surface area contributed by atoms with Crippen molar-refractivity contribution in [2.24, 2.45) is 0 Å². The van der Waals surface area contributed by atoms with Crippen molar-refractivity contribution in [1.82, 2.24) is 9.80 Å². The van der Waals surface area contributed by atoms with Crippen LogP contribution in [-0.4, -0.2) is 53.1 Å². The van der Waals surface area contributed by atoms with E-state index >= 15 is 0 Å². The van der Waals surface area contributed by atoms with Gasteiger partial charge >= 0.3 is 0 Å². The molecule has 0 atom stereocenters. The van der Waals surface area contributed by atoms with Crippen LogP contribution in [0.5, 0.6) is 0 Å². The van der Waals surface area contributed by atoms with Crippen LogP contribution < -0.4 is 0 Å². The molecular formula is C18H28N2O2. The van der Waals surface area contributed by atoms with E-state index in [9.17, 15) is 9.90 Å². The minimum atomic E-state index is -0.712. The maximum atomic E-state index is 12.5. The van der Waals surface area contributed by atoms with E-state index in [0.717, 1.165) is 43.6 Å². The van der Waals surface area contributed by atoms with Crippen LogP contribution in [0.2, 0.25) is 0 Å². The molecule has 0 bridgehead atoms. The van der Waals surface area contributed by atoms with Gasteiger partial charge in [-0.15, -0.1) is 0 Å². The monoisotopic (exact) mass is 304 g/mol. The fraction of sp³-hybridized carbons (Fsp3) is 0.611. The van der Waals surface area contributed by atoms with Crippen molar-refractivity contribution in [2.75, 3.05) is 26.7 Å². The highest BCUT2D eigenvalue weighted by molar-refractivity contribution is 5.94. The molecule has 122 valence electrons. The van der Waals surface area contributed by atoms with E-state index in [0.29, 0.717) is 6.54 Å². The number of carbonyl (C=O) groups is 1. The lowest BCUT2D eigenvalue weighted by Crippen LogP contribution is -2.36. The van der Waals surface area contributed by atoms with E-state index < -0.39 is 5.60 Å². The summed E-state index contributed by atoms with van der Waals surface area (Å²) in [6, 6.07) is 7.87. The topological polar surface area (TPSA) is 43.8 Å². The van der Waals surface area contributed by atoms with Gasteiger partial charge in [-0.2, -0.15) is 0 Å². The maximum absolute atomic E-state index is 12.5. The lowest BCUT2D eigenvalue weighted by atomic mass is 10.1. The Bertz CT molecular complexity index is 502. The normalized spacial score (nSPS) is 16.1. The van der Waals surface area contributed by atoms with Gasteiger partial charge in [0, 0.05) is 31.7 Å². The second kappa shape index (κ2) is 7.25. The Morgan fingerprint density at radius 3 is 2.59 bits per heavy atom. The molecule has 1 aliphatic heterocycles. The zero-order valence-electron chi connectivity index (χ0n) is 14.0. The molecule has 1 aliphatic rings. The van der Waals surface area contributed by atoms with Gasteiger partial charge in [0.1, 0.15) is 0 Å². The molecule has 0 radical (unpaired) electrons. The molecule has 1 saturated heterocycles. The van der Waals surface area contributed by atoms with Crippen molar-refractivity contribution in [1.29, 1.82) is 0 Å². The number of likely N-dealkylation sites (N-methyl/N-ethyl adjacent to an activating group) is 1. The number of carbonyl (C=O) groups excluding carboxylic acids is 1. The Labute approximate surface area is 133 Å². The molecule has 1 amide bonds. The maximum Gasteiger partial charge on any atom is 0.253 e. The smallest absolute Gasteiger partial charge is 0.253 e. The Morgan fingerprint density at radius 2 is 1.95 bits per heavy atom. The van der Waals surface area contributed by atoms with Crippen LogP contribution in [0.25, 0.3) is 0 Å². The van der Waals surface area contributed by atoms with E-state index in [1.54, 1.807) is 13.8 Å². The molecule has 1 aromatic carbocycles. The highest BCUT2D eigenvalue weighted by Crippen LogP contribution is 2.15. The molecule has 1 N–H and O–H groups in total. The first kappa shape index (κ1) is 17.0. The third-order valence-electron chi connectivity index (χ3n) is 3.93. The van der Waals surface area contributed by atoms with E-state index in [1.807, 2.05) is 36.2 Å². The second-order valence-electron chi connectivity index (χ2n) is 7.04. The van der Waals surface area contributed by atoms with Crippen LogP contribution in [0.15, 0.2) is 24.3 Å².